The van der Waals surface area contributed by atoms with Gasteiger partial charge < -0.3 is 9.47 Å². The number of aliphatic imine (C=N–C) groups is 1. The Morgan fingerprint density at radius 2 is 1.56 bits per heavy atom. The van der Waals surface area contributed by atoms with E-state index in [1.165, 1.54) is 0 Å². The summed E-state index contributed by atoms with van der Waals surface area (Å²) in [6.45, 7) is 0. The summed E-state index contributed by atoms with van der Waals surface area (Å²) in [5, 5.41) is 0. The largest absolute Gasteiger partial charge is 0.497 e. The van der Waals surface area contributed by atoms with E-state index >= 15 is 0 Å². The van der Waals surface area contributed by atoms with Crippen LogP contribution in [0.3, 0.4) is 0 Å². The molecular weight excluding hydrogens is 226 g/mol. The maximum atomic E-state index is 5.16. The summed E-state index contributed by atoms with van der Waals surface area (Å²) >= 11 is 0. The topological polar surface area (TPSA) is 30.8 Å². The highest BCUT2D eigenvalue weighted by Gasteiger charge is 1.94. The first-order valence-corrected chi connectivity index (χ1v) is 5.64. The molecule has 0 unspecified atom stereocenters. The third-order valence-corrected chi connectivity index (χ3v) is 2.51. The van der Waals surface area contributed by atoms with E-state index in [2.05, 4.69) is 4.99 Å². The van der Waals surface area contributed by atoms with Crippen LogP contribution in [-0.2, 0) is 0 Å². The maximum Gasteiger partial charge on any atom is 0.121 e. The van der Waals surface area contributed by atoms with Gasteiger partial charge in [0.2, 0.25) is 0 Å². The summed E-state index contributed by atoms with van der Waals surface area (Å²) in [6, 6.07) is 15.4. The third kappa shape index (κ3) is 3.10. The molecule has 3 nitrogen and oxygen atoms in total. The lowest BCUT2D eigenvalue weighted by molar-refractivity contribution is 0.414. The molecule has 92 valence electrons. The van der Waals surface area contributed by atoms with Crippen LogP contribution < -0.4 is 9.47 Å². The van der Waals surface area contributed by atoms with Crippen molar-refractivity contribution in [2.75, 3.05) is 14.2 Å². The molecule has 0 atom stereocenters. The van der Waals surface area contributed by atoms with Crippen molar-refractivity contribution < 1.29 is 9.47 Å². The summed E-state index contributed by atoms with van der Waals surface area (Å²) < 4.78 is 10.3. The minimum absolute atomic E-state index is 0.801. The van der Waals surface area contributed by atoms with Crippen LogP contribution in [-0.4, -0.2) is 20.4 Å². The standard InChI is InChI=1S/C15H15NO2/c1-17-14-7-3-5-12(9-14)11-16-13-6-4-8-15(10-13)18-2/h3-11H,1-2H3. The number of benzene rings is 2. The van der Waals surface area contributed by atoms with E-state index in [0.717, 1.165) is 22.7 Å². The Labute approximate surface area is 107 Å². The molecule has 0 aliphatic rings. The van der Waals surface area contributed by atoms with Gasteiger partial charge in [-0.1, -0.05) is 18.2 Å². The summed E-state index contributed by atoms with van der Waals surface area (Å²) in [6.07, 6.45) is 1.80. The molecule has 0 saturated heterocycles. The minimum Gasteiger partial charge on any atom is -0.497 e. The molecule has 0 aromatic heterocycles. The van der Waals surface area contributed by atoms with E-state index in [0.29, 0.717) is 0 Å². The van der Waals surface area contributed by atoms with Crippen LogP contribution in [0.1, 0.15) is 5.56 Å². The Bertz CT molecular complexity index is 500. The fourth-order valence-corrected chi connectivity index (χ4v) is 1.56. The smallest absolute Gasteiger partial charge is 0.121 e. The molecule has 2 aromatic carbocycles. The molecule has 0 N–H and O–H groups in total. The van der Waals surface area contributed by atoms with Crippen molar-refractivity contribution in [3.05, 3.63) is 54.1 Å². The number of ether oxygens (including phenoxy) is 2. The SMILES string of the molecule is COc1cccc(C=Nc2cccc(OC)c2)c1. The Morgan fingerprint density at radius 3 is 2.28 bits per heavy atom. The molecule has 0 amide bonds. The van der Waals surface area contributed by atoms with Crippen molar-refractivity contribution in [2.24, 2.45) is 4.99 Å². The summed E-state index contributed by atoms with van der Waals surface area (Å²) in [4.78, 5) is 4.40. The van der Waals surface area contributed by atoms with E-state index in [4.69, 9.17) is 9.47 Å². The highest BCUT2D eigenvalue weighted by molar-refractivity contribution is 5.82. The van der Waals surface area contributed by atoms with Crippen LogP contribution >= 0.6 is 0 Å². The Hall–Kier alpha value is -2.29. The normalized spacial score (nSPS) is 10.6. The van der Waals surface area contributed by atoms with Gasteiger partial charge in [0.15, 0.2) is 0 Å². The molecule has 0 aliphatic heterocycles. The molecule has 0 fully saturated rings. The van der Waals surface area contributed by atoms with Crippen LogP contribution in [0.5, 0.6) is 11.5 Å². The monoisotopic (exact) mass is 241 g/mol. The number of rotatable bonds is 4. The molecule has 0 bridgehead atoms. The molecule has 0 saturated carbocycles. The van der Waals surface area contributed by atoms with Crippen LogP contribution in [0.25, 0.3) is 0 Å². The Balaban J connectivity index is 2.18. The van der Waals surface area contributed by atoms with E-state index < -0.39 is 0 Å². The second kappa shape index (κ2) is 5.87. The van der Waals surface area contributed by atoms with Crippen molar-refractivity contribution in [2.45, 2.75) is 0 Å². The molecule has 18 heavy (non-hydrogen) atoms. The average molecular weight is 241 g/mol. The second-order valence-corrected chi connectivity index (χ2v) is 3.74. The average Bonchev–Trinajstić information content (AvgIpc) is 2.45. The molecule has 3 heteroatoms. The van der Waals surface area contributed by atoms with Gasteiger partial charge in [-0.3, -0.25) is 4.99 Å². The number of hydrogen-bond acceptors (Lipinski definition) is 3. The third-order valence-electron chi connectivity index (χ3n) is 2.51. The highest BCUT2D eigenvalue weighted by atomic mass is 16.5. The van der Waals surface area contributed by atoms with Crippen molar-refractivity contribution in [3.63, 3.8) is 0 Å². The van der Waals surface area contributed by atoms with Gasteiger partial charge in [0.25, 0.3) is 0 Å². The lowest BCUT2D eigenvalue weighted by Crippen LogP contribution is -1.85. The van der Waals surface area contributed by atoms with Gasteiger partial charge in [-0.2, -0.15) is 0 Å². The van der Waals surface area contributed by atoms with E-state index in [-0.39, 0.29) is 0 Å². The quantitative estimate of drug-likeness (QED) is 0.767. The molecule has 0 spiro atoms. The van der Waals surface area contributed by atoms with Crippen molar-refractivity contribution in [1.29, 1.82) is 0 Å². The highest BCUT2D eigenvalue weighted by Crippen LogP contribution is 2.19. The van der Waals surface area contributed by atoms with Gasteiger partial charge in [-0.15, -0.1) is 0 Å². The van der Waals surface area contributed by atoms with Crippen molar-refractivity contribution in [1.82, 2.24) is 0 Å². The molecule has 0 heterocycles. The van der Waals surface area contributed by atoms with Crippen LogP contribution in [0.2, 0.25) is 0 Å². The number of hydrogen-bond donors (Lipinski definition) is 0. The second-order valence-electron chi connectivity index (χ2n) is 3.74. The first-order chi connectivity index (χ1) is 8.81. The first kappa shape index (κ1) is 12.2. The summed E-state index contributed by atoms with van der Waals surface area (Å²) in [7, 11) is 3.29. The molecule has 2 rings (SSSR count). The Morgan fingerprint density at radius 1 is 0.889 bits per heavy atom. The van der Waals surface area contributed by atoms with Crippen LogP contribution in [0.15, 0.2) is 53.5 Å². The molecule has 0 radical (unpaired) electrons. The van der Waals surface area contributed by atoms with Gasteiger partial charge in [-0.05, 0) is 29.8 Å². The van der Waals surface area contributed by atoms with Gasteiger partial charge in [0.1, 0.15) is 11.5 Å². The molecule has 0 aliphatic carbocycles. The fourth-order valence-electron chi connectivity index (χ4n) is 1.56. The fraction of sp³-hybridized carbons (Fsp3) is 0.133. The van der Waals surface area contributed by atoms with E-state index in [9.17, 15) is 0 Å². The lowest BCUT2D eigenvalue weighted by atomic mass is 10.2. The summed E-state index contributed by atoms with van der Waals surface area (Å²) in [5.41, 5.74) is 1.86. The number of nitrogens with zero attached hydrogens (tertiary/aromatic N) is 1. The zero-order valence-corrected chi connectivity index (χ0v) is 10.5. The summed E-state index contributed by atoms with van der Waals surface area (Å²) in [5.74, 6) is 1.62. The first-order valence-electron chi connectivity index (χ1n) is 5.64. The van der Waals surface area contributed by atoms with Gasteiger partial charge in [0, 0.05) is 12.3 Å². The Kier molecular flexibility index (Phi) is 3.97. The van der Waals surface area contributed by atoms with Gasteiger partial charge in [-0.25, -0.2) is 0 Å². The maximum absolute atomic E-state index is 5.16. The van der Waals surface area contributed by atoms with Crippen molar-refractivity contribution >= 4 is 11.9 Å². The van der Waals surface area contributed by atoms with Crippen molar-refractivity contribution in [3.8, 4) is 11.5 Å². The van der Waals surface area contributed by atoms with Crippen LogP contribution in [0.4, 0.5) is 5.69 Å². The molecule has 2 aromatic rings. The predicted octanol–water partition coefficient (Wildman–Crippen LogP) is 3.45. The minimum atomic E-state index is 0.801. The van der Waals surface area contributed by atoms with E-state index in [1.807, 2.05) is 48.5 Å². The van der Waals surface area contributed by atoms with Crippen LogP contribution in [0, 0.1) is 0 Å². The van der Waals surface area contributed by atoms with E-state index in [1.54, 1.807) is 20.4 Å². The predicted molar refractivity (Wildman–Crippen MR) is 73.2 cm³/mol. The van der Waals surface area contributed by atoms with Gasteiger partial charge >= 0.3 is 0 Å². The number of methoxy groups -OCH3 is 2. The lowest BCUT2D eigenvalue weighted by Gasteiger charge is -2.01. The van der Waals surface area contributed by atoms with Gasteiger partial charge in [0.05, 0.1) is 19.9 Å². The molecular formula is C15H15NO2. The zero-order valence-electron chi connectivity index (χ0n) is 10.5. The zero-order chi connectivity index (χ0) is 12.8.